The zero-order valence-electron chi connectivity index (χ0n) is 27.8. The topological polar surface area (TPSA) is 147 Å². The highest BCUT2D eigenvalue weighted by Crippen LogP contribution is 2.33. The summed E-state index contributed by atoms with van der Waals surface area (Å²) in [6.45, 7) is 5.52. The molecule has 2 fully saturated rings. The maximum Gasteiger partial charge on any atom is 0.323 e. The van der Waals surface area contributed by atoms with E-state index >= 15 is 0 Å². The van der Waals surface area contributed by atoms with Crippen molar-refractivity contribution in [2.45, 2.75) is 83.8 Å². The fourth-order valence-electron chi connectivity index (χ4n) is 6.64. The number of amides is 1. The number of nitrogens with two attached hydrogens (primary N) is 1. The average Bonchev–Trinajstić information content (AvgIpc) is 3.51. The summed E-state index contributed by atoms with van der Waals surface area (Å²) < 4.78 is 36.5. The van der Waals surface area contributed by atoms with Crippen LogP contribution in [0.15, 0.2) is 42.7 Å². The van der Waals surface area contributed by atoms with E-state index in [0.717, 1.165) is 61.1 Å². The lowest BCUT2D eigenvalue weighted by molar-refractivity contribution is -0.155. The summed E-state index contributed by atoms with van der Waals surface area (Å²) >= 11 is 0. The smallest absolute Gasteiger partial charge is 0.323 e. The van der Waals surface area contributed by atoms with Gasteiger partial charge in [-0.2, -0.15) is 0 Å². The fraction of sp³-hybridized carbons (Fsp3) is 0.600. The minimum atomic E-state index is -3.02. The van der Waals surface area contributed by atoms with Crippen LogP contribution >= 0.6 is 0 Å². The molecule has 47 heavy (non-hydrogen) atoms. The number of sulfone groups is 1. The van der Waals surface area contributed by atoms with Gasteiger partial charge in [0.1, 0.15) is 39.4 Å². The van der Waals surface area contributed by atoms with Crippen molar-refractivity contribution in [1.82, 2.24) is 19.4 Å². The fourth-order valence-corrected chi connectivity index (χ4v) is 7.28. The molecule has 2 aliphatic rings. The summed E-state index contributed by atoms with van der Waals surface area (Å²) in [7, 11) is -3.02. The summed E-state index contributed by atoms with van der Waals surface area (Å²) in [4.78, 5) is 37.1. The van der Waals surface area contributed by atoms with Crippen molar-refractivity contribution in [3.8, 4) is 11.6 Å². The van der Waals surface area contributed by atoms with Crippen molar-refractivity contribution < 1.29 is 27.5 Å². The van der Waals surface area contributed by atoms with Crippen molar-refractivity contribution in [3.63, 3.8) is 0 Å². The molecule has 12 heteroatoms. The van der Waals surface area contributed by atoms with Crippen LogP contribution in [0.5, 0.6) is 5.75 Å². The van der Waals surface area contributed by atoms with Crippen LogP contribution in [0, 0.1) is 17.8 Å². The lowest BCUT2D eigenvalue weighted by atomic mass is 9.79. The predicted molar refractivity (Wildman–Crippen MR) is 181 cm³/mol. The van der Waals surface area contributed by atoms with Gasteiger partial charge in [-0.1, -0.05) is 26.3 Å². The van der Waals surface area contributed by atoms with Crippen molar-refractivity contribution >= 4 is 32.6 Å². The molecule has 11 nitrogen and oxygen atoms in total. The molecule has 1 aliphatic heterocycles. The highest BCUT2D eigenvalue weighted by atomic mass is 32.2. The standard InChI is InChI=1S/C35H49N5O6S/c1-4-24(2)33(36)35(42)46-27-14-18-39(19-15-27)34(41)26-11-9-25(10-12-26)23-31-37-17-13-32(38-31)40-20-16-28-29(40)7-5-8-30(28)45-21-6-22-47(3,43)44/h5,7-8,13,16-17,20,24-27,33H,4,6,9-12,14-15,18-19,21-23,36H2,1-3H3/t24-,25?,26?,33-/m0/s1. The first kappa shape index (κ1) is 34.8. The zero-order chi connectivity index (χ0) is 33.6. The molecule has 256 valence electrons. The minimum absolute atomic E-state index is 0.0328. The third-order valence-corrected chi connectivity index (χ3v) is 10.8. The molecule has 1 saturated carbocycles. The summed E-state index contributed by atoms with van der Waals surface area (Å²) in [5, 5.41) is 0.936. The van der Waals surface area contributed by atoms with Crippen LogP contribution in [0.4, 0.5) is 0 Å². The van der Waals surface area contributed by atoms with Gasteiger partial charge in [0, 0.05) is 62.3 Å². The largest absolute Gasteiger partial charge is 0.493 e. The van der Waals surface area contributed by atoms with Gasteiger partial charge in [0.15, 0.2) is 0 Å². The molecule has 1 aliphatic carbocycles. The van der Waals surface area contributed by atoms with E-state index in [1.807, 2.05) is 59.8 Å². The third-order valence-electron chi connectivity index (χ3n) is 9.78. The van der Waals surface area contributed by atoms with Crippen LogP contribution in [-0.2, 0) is 30.6 Å². The number of carbonyl (C=O) groups excluding carboxylic acids is 2. The van der Waals surface area contributed by atoms with E-state index in [-0.39, 0.29) is 35.6 Å². The second-order valence-corrected chi connectivity index (χ2v) is 15.6. The van der Waals surface area contributed by atoms with Crippen molar-refractivity contribution in [2.75, 3.05) is 31.7 Å². The number of likely N-dealkylation sites (tertiary alicyclic amines) is 1. The number of carbonyl (C=O) groups is 2. The van der Waals surface area contributed by atoms with Crippen LogP contribution in [0.2, 0.25) is 0 Å². The number of ether oxygens (including phenoxy) is 2. The van der Waals surface area contributed by atoms with Gasteiger partial charge in [0.25, 0.3) is 0 Å². The van der Waals surface area contributed by atoms with Gasteiger partial charge < -0.3 is 24.7 Å². The highest BCUT2D eigenvalue weighted by molar-refractivity contribution is 7.90. The lowest BCUT2D eigenvalue weighted by Gasteiger charge is -2.36. The molecule has 2 N–H and O–H groups in total. The van der Waals surface area contributed by atoms with Crippen LogP contribution in [-0.4, -0.2) is 83.6 Å². The number of rotatable bonds is 13. The Morgan fingerprint density at radius 3 is 2.51 bits per heavy atom. The van der Waals surface area contributed by atoms with Crippen molar-refractivity contribution in [2.24, 2.45) is 23.5 Å². The summed E-state index contributed by atoms with van der Waals surface area (Å²) in [6.07, 6.45) is 11.8. The Bertz CT molecular complexity index is 1630. The molecule has 0 bridgehead atoms. The van der Waals surface area contributed by atoms with Crippen LogP contribution < -0.4 is 10.5 Å². The van der Waals surface area contributed by atoms with E-state index in [1.54, 1.807) is 6.20 Å². The number of hydrogen-bond donors (Lipinski definition) is 1. The van der Waals surface area contributed by atoms with E-state index in [9.17, 15) is 18.0 Å². The number of nitrogens with zero attached hydrogens (tertiary/aromatic N) is 4. The third kappa shape index (κ3) is 9.10. The van der Waals surface area contributed by atoms with E-state index in [2.05, 4.69) is 4.98 Å². The molecular weight excluding hydrogens is 618 g/mol. The summed E-state index contributed by atoms with van der Waals surface area (Å²) in [5.41, 5.74) is 6.99. The number of benzene rings is 1. The first-order valence-electron chi connectivity index (χ1n) is 17.0. The Labute approximate surface area is 278 Å². The van der Waals surface area contributed by atoms with E-state index in [1.165, 1.54) is 6.26 Å². The lowest BCUT2D eigenvalue weighted by Crippen LogP contribution is -2.46. The van der Waals surface area contributed by atoms with Crippen molar-refractivity contribution in [1.29, 1.82) is 0 Å². The molecule has 2 aromatic heterocycles. The number of piperidine rings is 1. The normalized spacial score (nSPS) is 20.6. The molecule has 0 unspecified atom stereocenters. The molecule has 0 radical (unpaired) electrons. The molecule has 0 spiro atoms. The number of fused-ring (bicyclic) bond motifs is 1. The monoisotopic (exact) mass is 667 g/mol. The zero-order valence-corrected chi connectivity index (χ0v) is 28.7. The van der Waals surface area contributed by atoms with Gasteiger partial charge in [-0.3, -0.25) is 9.59 Å². The maximum atomic E-state index is 13.3. The molecule has 3 aromatic rings. The second-order valence-electron chi connectivity index (χ2n) is 13.3. The Morgan fingerprint density at radius 1 is 1.06 bits per heavy atom. The first-order valence-corrected chi connectivity index (χ1v) is 19.1. The molecule has 5 rings (SSSR count). The van der Waals surface area contributed by atoms with Crippen LogP contribution in [0.3, 0.4) is 0 Å². The predicted octanol–water partition coefficient (Wildman–Crippen LogP) is 4.49. The molecule has 3 heterocycles. The maximum absolute atomic E-state index is 13.3. The Balaban J connectivity index is 1.10. The van der Waals surface area contributed by atoms with Gasteiger partial charge in [0.2, 0.25) is 5.91 Å². The summed E-state index contributed by atoms with van der Waals surface area (Å²) in [5.74, 6) is 2.80. The Hall–Kier alpha value is -3.51. The van der Waals surface area contributed by atoms with Gasteiger partial charge in [-0.25, -0.2) is 18.4 Å². The first-order chi connectivity index (χ1) is 22.5. The summed E-state index contributed by atoms with van der Waals surface area (Å²) in [6, 6.07) is 9.11. The van der Waals surface area contributed by atoms with Crippen LogP contribution in [0.25, 0.3) is 16.7 Å². The van der Waals surface area contributed by atoms with Gasteiger partial charge >= 0.3 is 5.97 Å². The van der Waals surface area contributed by atoms with Gasteiger partial charge in [0.05, 0.1) is 17.9 Å². The number of esters is 1. The average molecular weight is 668 g/mol. The second kappa shape index (κ2) is 15.6. The molecule has 2 atom stereocenters. The molecule has 1 amide bonds. The number of hydrogen-bond acceptors (Lipinski definition) is 9. The Morgan fingerprint density at radius 2 is 1.81 bits per heavy atom. The van der Waals surface area contributed by atoms with E-state index < -0.39 is 15.9 Å². The molecule has 1 saturated heterocycles. The highest BCUT2D eigenvalue weighted by Gasteiger charge is 2.33. The van der Waals surface area contributed by atoms with Crippen LogP contribution in [0.1, 0.15) is 71.0 Å². The Kier molecular flexibility index (Phi) is 11.5. The quantitative estimate of drug-likeness (QED) is 0.206. The number of aromatic nitrogens is 3. The van der Waals surface area contributed by atoms with Gasteiger partial charge in [-0.05, 0) is 68.2 Å². The minimum Gasteiger partial charge on any atom is -0.493 e. The van der Waals surface area contributed by atoms with Crippen molar-refractivity contribution in [3.05, 3.63) is 48.5 Å². The molecular formula is C35H49N5O6S. The molecule has 1 aromatic carbocycles. The van der Waals surface area contributed by atoms with E-state index in [0.29, 0.717) is 50.6 Å². The SMILES string of the molecule is CC[C@H](C)[C@H](N)C(=O)OC1CCN(C(=O)C2CCC(Cc3nccc(-n4ccc5c(OCCCS(C)(=O)=O)cccc54)n3)CC2)CC1. The van der Waals surface area contributed by atoms with E-state index in [4.69, 9.17) is 20.2 Å². The van der Waals surface area contributed by atoms with Gasteiger partial charge in [-0.15, -0.1) is 0 Å².